The van der Waals surface area contributed by atoms with Crippen molar-refractivity contribution >= 4 is 28.3 Å². The number of amides is 2. The van der Waals surface area contributed by atoms with Crippen LogP contribution < -0.4 is 20.1 Å². The molecular weight excluding hydrogens is 440 g/mol. The number of thiazole rings is 1. The second-order valence-corrected chi connectivity index (χ2v) is 7.64. The summed E-state index contributed by atoms with van der Waals surface area (Å²) in [6.45, 7) is 0.367. The molecule has 0 fully saturated rings. The van der Waals surface area contributed by atoms with Gasteiger partial charge in [-0.1, -0.05) is 24.3 Å². The molecule has 0 aliphatic heterocycles. The molecule has 2 N–H and O–H groups in total. The average molecular weight is 461 g/mol. The minimum atomic E-state index is -3.00. The van der Waals surface area contributed by atoms with Crippen molar-refractivity contribution in [2.24, 2.45) is 0 Å². The van der Waals surface area contributed by atoms with E-state index in [1.54, 1.807) is 0 Å². The Labute approximate surface area is 187 Å². The SMILES string of the molecule is COc1cc(C(=O)Nc2nc(-c3ccc(C(C)NC(C)=O)cc3)cs2)ccc1OC(F)F. The van der Waals surface area contributed by atoms with E-state index in [2.05, 4.69) is 20.4 Å². The number of carbonyl (C=O) groups excluding carboxylic acids is 2. The summed E-state index contributed by atoms with van der Waals surface area (Å²) >= 11 is 1.25. The fourth-order valence-electron chi connectivity index (χ4n) is 2.97. The van der Waals surface area contributed by atoms with Gasteiger partial charge in [0.15, 0.2) is 16.6 Å². The Morgan fingerprint density at radius 1 is 1.09 bits per heavy atom. The van der Waals surface area contributed by atoms with Gasteiger partial charge in [-0.25, -0.2) is 4.98 Å². The fraction of sp³-hybridized carbons (Fsp3) is 0.227. The first-order valence-electron chi connectivity index (χ1n) is 9.54. The summed E-state index contributed by atoms with van der Waals surface area (Å²) in [5.41, 5.74) is 2.70. The van der Waals surface area contributed by atoms with Gasteiger partial charge in [0.25, 0.3) is 5.91 Å². The largest absolute Gasteiger partial charge is 0.493 e. The van der Waals surface area contributed by atoms with Crippen LogP contribution in [0.2, 0.25) is 0 Å². The van der Waals surface area contributed by atoms with Crippen LogP contribution in [-0.4, -0.2) is 30.5 Å². The Morgan fingerprint density at radius 3 is 2.44 bits per heavy atom. The van der Waals surface area contributed by atoms with Crippen LogP contribution in [0.1, 0.15) is 35.8 Å². The van der Waals surface area contributed by atoms with Gasteiger partial charge in [-0.05, 0) is 30.7 Å². The van der Waals surface area contributed by atoms with Gasteiger partial charge in [0, 0.05) is 23.4 Å². The minimum absolute atomic E-state index is 0.0198. The van der Waals surface area contributed by atoms with Gasteiger partial charge in [-0.3, -0.25) is 14.9 Å². The maximum absolute atomic E-state index is 12.5. The molecule has 32 heavy (non-hydrogen) atoms. The topological polar surface area (TPSA) is 89.5 Å². The summed E-state index contributed by atoms with van der Waals surface area (Å²) in [6.07, 6.45) is 0. The summed E-state index contributed by atoms with van der Waals surface area (Å²) in [7, 11) is 1.30. The van der Waals surface area contributed by atoms with Gasteiger partial charge in [0.05, 0.1) is 18.8 Å². The van der Waals surface area contributed by atoms with Crippen molar-refractivity contribution in [2.45, 2.75) is 26.5 Å². The van der Waals surface area contributed by atoms with Crippen molar-refractivity contribution in [3.63, 3.8) is 0 Å². The number of rotatable bonds is 8. The van der Waals surface area contributed by atoms with Crippen LogP contribution in [0.25, 0.3) is 11.3 Å². The summed E-state index contributed by atoms with van der Waals surface area (Å²) in [4.78, 5) is 28.2. The van der Waals surface area contributed by atoms with Crippen LogP contribution in [0.4, 0.5) is 13.9 Å². The predicted octanol–water partition coefficient (Wildman–Crippen LogP) is 4.87. The number of halogens is 2. The first-order valence-corrected chi connectivity index (χ1v) is 10.4. The van der Waals surface area contributed by atoms with Gasteiger partial charge in [0.1, 0.15) is 0 Å². The number of methoxy groups -OCH3 is 1. The standard InChI is InChI=1S/C22H21F2N3O4S/c1-12(25-13(2)28)14-4-6-15(7-5-14)17-11-32-22(26-17)27-20(29)16-8-9-18(31-21(23)24)19(10-16)30-3/h4-12,21H,1-3H3,(H,25,28)(H,26,27,29). The van der Waals surface area contributed by atoms with Crippen molar-refractivity contribution in [1.82, 2.24) is 10.3 Å². The maximum Gasteiger partial charge on any atom is 0.387 e. The highest BCUT2D eigenvalue weighted by Crippen LogP contribution is 2.30. The van der Waals surface area contributed by atoms with E-state index >= 15 is 0 Å². The van der Waals surface area contributed by atoms with Crippen molar-refractivity contribution in [3.05, 3.63) is 59.0 Å². The first kappa shape index (κ1) is 23.1. The van der Waals surface area contributed by atoms with Crippen LogP contribution in [0.5, 0.6) is 11.5 Å². The molecule has 2 amide bonds. The van der Waals surface area contributed by atoms with E-state index in [9.17, 15) is 18.4 Å². The highest BCUT2D eigenvalue weighted by atomic mass is 32.1. The number of hydrogen-bond donors (Lipinski definition) is 2. The zero-order valence-corrected chi connectivity index (χ0v) is 18.3. The van der Waals surface area contributed by atoms with Gasteiger partial charge >= 0.3 is 6.61 Å². The van der Waals surface area contributed by atoms with Crippen LogP contribution in [0.3, 0.4) is 0 Å². The molecule has 1 unspecified atom stereocenters. The molecule has 0 spiro atoms. The van der Waals surface area contributed by atoms with Crippen molar-refractivity contribution in [2.75, 3.05) is 12.4 Å². The minimum Gasteiger partial charge on any atom is -0.493 e. The highest BCUT2D eigenvalue weighted by molar-refractivity contribution is 7.14. The molecule has 2 aromatic carbocycles. The van der Waals surface area contributed by atoms with Crippen molar-refractivity contribution in [3.8, 4) is 22.8 Å². The van der Waals surface area contributed by atoms with Crippen LogP contribution >= 0.6 is 11.3 Å². The van der Waals surface area contributed by atoms with Crippen LogP contribution in [0, 0.1) is 0 Å². The predicted molar refractivity (Wildman–Crippen MR) is 117 cm³/mol. The Kier molecular flexibility index (Phi) is 7.37. The molecule has 0 saturated heterocycles. The molecule has 3 aromatic rings. The third-order valence-corrected chi connectivity index (χ3v) is 5.25. The average Bonchev–Trinajstić information content (AvgIpc) is 3.21. The summed E-state index contributed by atoms with van der Waals surface area (Å²) in [5.74, 6) is -0.708. The number of ether oxygens (including phenoxy) is 2. The molecule has 168 valence electrons. The van der Waals surface area contributed by atoms with Gasteiger partial charge in [-0.15, -0.1) is 11.3 Å². The molecule has 1 aromatic heterocycles. The van der Waals surface area contributed by atoms with E-state index in [1.165, 1.54) is 43.6 Å². The molecule has 7 nitrogen and oxygen atoms in total. The second-order valence-electron chi connectivity index (χ2n) is 6.78. The Hall–Kier alpha value is -3.53. The van der Waals surface area contributed by atoms with E-state index in [-0.39, 0.29) is 29.0 Å². The van der Waals surface area contributed by atoms with E-state index in [4.69, 9.17) is 4.74 Å². The normalized spacial score (nSPS) is 11.7. The summed E-state index contributed by atoms with van der Waals surface area (Å²) < 4.78 is 34.3. The maximum atomic E-state index is 12.5. The first-order chi connectivity index (χ1) is 15.3. The van der Waals surface area contributed by atoms with Crippen LogP contribution in [-0.2, 0) is 4.79 Å². The zero-order valence-electron chi connectivity index (χ0n) is 17.5. The molecule has 10 heteroatoms. The number of nitrogens with zero attached hydrogens (tertiary/aromatic N) is 1. The lowest BCUT2D eigenvalue weighted by atomic mass is 10.1. The van der Waals surface area contributed by atoms with E-state index < -0.39 is 12.5 Å². The number of nitrogens with one attached hydrogen (secondary N) is 2. The molecule has 0 saturated carbocycles. The number of anilines is 1. The third kappa shape index (κ3) is 5.79. The molecule has 0 aliphatic carbocycles. The Bertz CT molecular complexity index is 1100. The molecule has 1 heterocycles. The zero-order chi connectivity index (χ0) is 23.3. The smallest absolute Gasteiger partial charge is 0.387 e. The van der Waals surface area contributed by atoms with Crippen molar-refractivity contribution in [1.29, 1.82) is 0 Å². The van der Waals surface area contributed by atoms with E-state index in [1.807, 2.05) is 36.6 Å². The molecule has 0 bridgehead atoms. The van der Waals surface area contributed by atoms with E-state index in [0.29, 0.717) is 10.8 Å². The Balaban J connectivity index is 1.70. The molecule has 0 aliphatic rings. The number of hydrogen-bond acceptors (Lipinski definition) is 6. The molecule has 3 rings (SSSR count). The summed E-state index contributed by atoms with van der Waals surface area (Å²) in [5, 5.41) is 7.70. The lowest BCUT2D eigenvalue weighted by Gasteiger charge is -2.13. The number of aromatic nitrogens is 1. The number of benzene rings is 2. The Morgan fingerprint density at radius 2 is 1.81 bits per heavy atom. The number of alkyl halides is 2. The van der Waals surface area contributed by atoms with Gasteiger partial charge in [0.2, 0.25) is 5.91 Å². The number of carbonyl (C=O) groups is 2. The van der Waals surface area contributed by atoms with Crippen LogP contribution in [0.15, 0.2) is 47.8 Å². The quantitative estimate of drug-likeness (QED) is 0.500. The molecular formula is C22H21F2N3O4S. The van der Waals surface area contributed by atoms with Gasteiger partial charge < -0.3 is 14.8 Å². The van der Waals surface area contributed by atoms with Gasteiger partial charge in [-0.2, -0.15) is 8.78 Å². The summed E-state index contributed by atoms with van der Waals surface area (Å²) in [6, 6.07) is 11.4. The molecule has 1 atom stereocenters. The highest BCUT2D eigenvalue weighted by Gasteiger charge is 2.16. The third-order valence-electron chi connectivity index (χ3n) is 4.49. The fourth-order valence-corrected chi connectivity index (χ4v) is 3.68. The van der Waals surface area contributed by atoms with E-state index in [0.717, 1.165) is 11.1 Å². The van der Waals surface area contributed by atoms with Crippen molar-refractivity contribution < 1.29 is 27.8 Å². The monoisotopic (exact) mass is 461 g/mol. The molecule has 0 radical (unpaired) electrons. The lowest BCUT2D eigenvalue weighted by Crippen LogP contribution is -2.23. The second kappa shape index (κ2) is 10.2. The lowest BCUT2D eigenvalue weighted by molar-refractivity contribution is -0.119.